The van der Waals surface area contributed by atoms with Crippen LogP contribution in [0.5, 0.6) is 0 Å². The van der Waals surface area contributed by atoms with Crippen molar-refractivity contribution < 1.29 is 13.6 Å². The fraction of sp³-hybridized carbons (Fsp3) is 0.375. The third kappa shape index (κ3) is 3.67. The van der Waals surface area contributed by atoms with Crippen molar-refractivity contribution in [3.8, 4) is 0 Å². The molecular formula is C16H17F2N3OS. The minimum atomic E-state index is -0.756. The van der Waals surface area contributed by atoms with Crippen LogP contribution >= 0.6 is 11.3 Å². The molecule has 1 aliphatic rings. The summed E-state index contributed by atoms with van der Waals surface area (Å²) in [5.74, 6) is -1.80. The fourth-order valence-electron chi connectivity index (χ4n) is 2.65. The third-order valence-electron chi connectivity index (χ3n) is 3.93. The lowest BCUT2D eigenvalue weighted by Gasteiger charge is -2.31. The molecule has 0 unspecified atom stereocenters. The summed E-state index contributed by atoms with van der Waals surface area (Å²) in [6.07, 6.45) is 1.38. The number of nitrogens with one attached hydrogen (secondary N) is 1. The van der Waals surface area contributed by atoms with Crippen LogP contribution in [0.2, 0.25) is 0 Å². The van der Waals surface area contributed by atoms with Crippen LogP contribution in [0.3, 0.4) is 0 Å². The Balaban J connectivity index is 1.58. The van der Waals surface area contributed by atoms with Gasteiger partial charge in [-0.3, -0.25) is 4.79 Å². The molecule has 1 fully saturated rings. The molecule has 2 heterocycles. The van der Waals surface area contributed by atoms with E-state index in [-0.39, 0.29) is 17.5 Å². The van der Waals surface area contributed by atoms with Crippen LogP contribution in [-0.2, 0) is 4.79 Å². The number of aromatic nitrogens is 1. The quantitative estimate of drug-likeness (QED) is 0.931. The molecule has 0 radical (unpaired) electrons. The highest BCUT2D eigenvalue weighted by Gasteiger charge is 2.26. The van der Waals surface area contributed by atoms with E-state index in [1.165, 1.54) is 6.07 Å². The highest BCUT2D eigenvalue weighted by molar-refractivity contribution is 7.13. The smallest absolute Gasteiger partial charge is 0.227 e. The van der Waals surface area contributed by atoms with Crippen molar-refractivity contribution >= 4 is 28.1 Å². The first kappa shape index (κ1) is 15.9. The van der Waals surface area contributed by atoms with Gasteiger partial charge in [0.1, 0.15) is 11.6 Å². The summed E-state index contributed by atoms with van der Waals surface area (Å²) in [7, 11) is 0. The minimum Gasteiger partial charge on any atom is -0.348 e. The first-order valence-electron chi connectivity index (χ1n) is 7.46. The van der Waals surface area contributed by atoms with Crippen LogP contribution in [0.1, 0.15) is 18.5 Å². The number of aryl methyl sites for hydroxylation is 1. The number of benzene rings is 1. The molecular weight excluding hydrogens is 320 g/mol. The van der Waals surface area contributed by atoms with Crippen LogP contribution in [0.15, 0.2) is 23.6 Å². The number of piperidine rings is 1. The van der Waals surface area contributed by atoms with Gasteiger partial charge in [0.05, 0.1) is 11.4 Å². The Labute approximate surface area is 137 Å². The first-order valence-corrected chi connectivity index (χ1v) is 8.34. The average Bonchev–Trinajstić information content (AvgIpc) is 2.97. The van der Waals surface area contributed by atoms with Crippen LogP contribution in [0.4, 0.5) is 19.6 Å². The van der Waals surface area contributed by atoms with E-state index in [0.717, 1.165) is 36.0 Å². The average molecular weight is 337 g/mol. The standard InChI is InChI=1S/C16H17F2N3OS/c1-10-9-23-16(19-10)21-6-4-11(5-7-21)15(22)20-14-3-2-12(17)8-13(14)18/h2-3,8-9,11H,4-7H2,1H3,(H,20,22). The molecule has 0 spiro atoms. The van der Waals surface area contributed by atoms with E-state index >= 15 is 0 Å². The van der Waals surface area contributed by atoms with E-state index in [2.05, 4.69) is 15.2 Å². The van der Waals surface area contributed by atoms with Gasteiger partial charge in [0.2, 0.25) is 5.91 Å². The van der Waals surface area contributed by atoms with Crippen molar-refractivity contribution in [1.29, 1.82) is 0 Å². The van der Waals surface area contributed by atoms with E-state index in [1.54, 1.807) is 11.3 Å². The molecule has 23 heavy (non-hydrogen) atoms. The van der Waals surface area contributed by atoms with Crippen molar-refractivity contribution in [2.24, 2.45) is 5.92 Å². The van der Waals surface area contributed by atoms with Gasteiger partial charge in [-0.25, -0.2) is 13.8 Å². The summed E-state index contributed by atoms with van der Waals surface area (Å²) >= 11 is 1.60. The predicted octanol–water partition coefficient (Wildman–Crippen LogP) is 3.58. The Morgan fingerprint density at radius 2 is 2.09 bits per heavy atom. The Kier molecular flexibility index (Phi) is 4.56. The van der Waals surface area contributed by atoms with Gasteiger partial charge in [-0.1, -0.05) is 0 Å². The largest absolute Gasteiger partial charge is 0.348 e. The second kappa shape index (κ2) is 6.62. The van der Waals surface area contributed by atoms with Crippen LogP contribution < -0.4 is 10.2 Å². The molecule has 1 aliphatic heterocycles. The molecule has 4 nitrogen and oxygen atoms in total. The van der Waals surface area contributed by atoms with E-state index in [1.807, 2.05) is 12.3 Å². The molecule has 1 aromatic heterocycles. The highest BCUT2D eigenvalue weighted by atomic mass is 32.1. The molecule has 1 amide bonds. The van der Waals surface area contributed by atoms with Crippen LogP contribution in [0, 0.1) is 24.5 Å². The number of thiazole rings is 1. The molecule has 7 heteroatoms. The van der Waals surface area contributed by atoms with E-state index in [0.29, 0.717) is 12.8 Å². The van der Waals surface area contributed by atoms with Gasteiger partial charge in [0.25, 0.3) is 0 Å². The van der Waals surface area contributed by atoms with Gasteiger partial charge < -0.3 is 10.2 Å². The zero-order valence-corrected chi connectivity index (χ0v) is 13.5. The monoisotopic (exact) mass is 337 g/mol. The normalized spacial score (nSPS) is 15.7. The topological polar surface area (TPSA) is 45.2 Å². The summed E-state index contributed by atoms with van der Waals surface area (Å²) < 4.78 is 26.5. The molecule has 0 aliphatic carbocycles. The lowest BCUT2D eigenvalue weighted by atomic mass is 9.96. The number of carbonyl (C=O) groups excluding carboxylic acids is 1. The molecule has 122 valence electrons. The highest BCUT2D eigenvalue weighted by Crippen LogP contribution is 2.27. The molecule has 1 N–H and O–H groups in total. The summed E-state index contributed by atoms with van der Waals surface area (Å²) in [4.78, 5) is 18.9. The van der Waals surface area contributed by atoms with E-state index in [4.69, 9.17) is 0 Å². The SMILES string of the molecule is Cc1csc(N2CCC(C(=O)Nc3ccc(F)cc3F)CC2)n1. The number of rotatable bonds is 3. The van der Waals surface area contributed by atoms with Crippen molar-refractivity contribution in [3.05, 3.63) is 40.9 Å². The summed E-state index contributed by atoms with van der Waals surface area (Å²) in [5.41, 5.74) is 1.02. The molecule has 0 saturated carbocycles. The Hall–Kier alpha value is -2.02. The third-order valence-corrected chi connectivity index (χ3v) is 4.95. The summed E-state index contributed by atoms with van der Waals surface area (Å²) in [6.45, 7) is 3.45. The molecule has 0 bridgehead atoms. The predicted molar refractivity (Wildman–Crippen MR) is 86.8 cm³/mol. The van der Waals surface area contributed by atoms with E-state index in [9.17, 15) is 13.6 Å². The van der Waals surface area contributed by atoms with Crippen LogP contribution in [-0.4, -0.2) is 24.0 Å². The number of halogens is 2. The maximum Gasteiger partial charge on any atom is 0.227 e. The second-order valence-corrected chi connectivity index (χ2v) is 6.48. The lowest BCUT2D eigenvalue weighted by Crippen LogP contribution is -2.38. The second-order valence-electron chi connectivity index (χ2n) is 5.65. The Bertz CT molecular complexity index is 711. The first-order chi connectivity index (χ1) is 11.0. The molecule has 2 aromatic rings. The summed E-state index contributed by atoms with van der Waals surface area (Å²) in [6, 6.07) is 3.14. The fourth-order valence-corrected chi connectivity index (χ4v) is 3.50. The maximum atomic E-state index is 13.6. The van der Waals surface area contributed by atoms with Crippen molar-refractivity contribution in [3.63, 3.8) is 0 Å². The van der Waals surface area contributed by atoms with Gasteiger partial charge in [-0.2, -0.15) is 0 Å². The Morgan fingerprint density at radius 3 is 2.70 bits per heavy atom. The zero-order chi connectivity index (χ0) is 16.4. The minimum absolute atomic E-state index is 0.0226. The summed E-state index contributed by atoms with van der Waals surface area (Å²) in [5, 5.41) is 5.54. The zero-order valence-electron chi connectivity index (χ0n) is 12.7. The molecule has 1 saturated heterocycles. The number of amides is 1. The number of hydrogen-bond donors (Lipinski definition) is 1. The van der Waals surface area contributed by atoms with E-state index < -0.39 is 11.6 Å². The van der Waals surface area contributed by atoms with Gasteiger partial charge >= 0.3 is 0 Å². The van der Waals surface area contributed by atoms with Gasteiger partial charge in [0, 0.05) is 30.5 Å². The molecule has 3 rings (SSSR count). The van der Waals surface area contributed by atoms with Gasteiger partial charge in [-0.15, -0.1) is 11.3 Å². The maximum absolute atomic E-state index is 13.6. The Morgan fingerprint density at radius 1 is 1.35 bits per heavy atom. The number of anilines is 2. The number of carbonyl (C=O) groups is 1. The van der Waals surface area contributed by atoms with Crippen molar-refractivity contribution in [2.45, 2.75) is 19.8 Å². The van der Waals surface area contributed by atoms with Gasteiger partial charge in [-0.05, 0) is 31.9 Å². The number of nitrogens with zero attached hydrogens (tertiary/aromatic N) is 2. The van der Waals surface area contributed by atoms with Crippen molar-refractivity contribution in [2.75, 3.05) is 23.3 Å². The number of hydrogen-bond acceptors (Lipinski definition) is 4. The van der Waals surface area contributed by atoms with Crippen molar-refractivity contribution in [1.82, 2.24) is 4.98 Å². The van der Waals surface area contributed by atoms with Crippen LogP contribution in [0.25, 0.3) is 0 Å². The molecule has 0 atom stereocenters. The lowest BCUT2D eigenvalue weighted by molar-refractivity contribution is -0.120. The van der Waals surface area contributed by atoms with Gasteiger partial charge in [0.15, 0.2) is 5.13 Å². The molecule has 1 aromatic carbocycles.